The first-order valence-electron chi connectivity index (χ1n) is 7.47. The van der Waals surface area contributed by atoms with Crippen LogP contribution >= 0.6 is 15.9 Å². The van der Waals surface area contributed by atoms with E-state index in [9.17, 15) is 5.11 Å². The quantitative estimate of drug-likeness (QED) is 0.833. The van der Waals surface area contributed by atoms with Crippen molar-refractivity contribution in [2.75, 3.05) is 19.6 Å². The van der Waals surface area contributed by atoms with Crippen LogP contribution in [0.1, 0.15) is 32.3 Å². The first-order valence-corrected chi connectivity index (χ1v) is 8.27. The van der Waals surface area contributed by atoms with Crippen LogP contribution in [0.4, 0.5) is 0 Å². The fraction of sp³-hybridized carbons (Fsp3) is 0.625. The Kier molecular flexibility index (Phi) is 5.87. The van der Waals surface area contributed by atoms with Crippen molar-refractivity contribution in [1.29, 1.82) is 0 Å². The molecule has 0 aliphatic carbocycles. The molecule has 1 aromatic carbocycles. The topological polar surface area (TPSA) is 35.5 Å². The molecule has 20 heavy (non-hydrogen) atoms. The molecule has 1 heterocycles. The molecule has 1 unspecified atom stereocenters. The maximum atomic E-state index is 10.0. The second-order valence-corrected chi connectivity index (χ2v) is 7.07. The van der Waals surface area contributed by atoms with Crippen molar-refractivity contribution in [2.24, 2.45) is 5.92 Å². The molecule has 0 amide bonds. The van der Waals surface area contributed by atoms with Gasteiger partial charge in [0.15, 0.2) is 0 Å². The van der Waals surface area contributed by atoms with Crippen LogP contribution in [0.5, 0.6) is 5.75 Å². The van der Waals surface area contributed by atoms with Crippen LogP contribution in [0.3, 0.4) is 0 Å². The molecule has 1 fully saturated rings. The van der Waals surface area contributed by atoms with Crippen LogP contribution in [0.2, 0.25) is 0 Å². The number of hydrogen-bond donors (Lipinski definition) is 2. The standard InChI is InChI=1S/C16H25BrN2O/c1-12(2)9-19(11-15-4-3-7-18-15)10-13-8-14(17)5-6-16(13)20/h5-6,8,12,15,18,20H,3-4,7,9-11H2,1-2H3. The molecule has 1 atom stereocenters. The zero-order chi connectivity index (χ0) is 14.5. The van der Waals surface area contributed by atoms with Gasteiger partial charge in [0.2, 0.25) is 0 Å². The highest BCUT2D eigenvalue weighted by atomic mass is 79.9. The molecule has 112 valence electrons. The van der Waals surface area contributed by atoms with Crippen molar-refractivity contribution >= 4 is 15.9 Å². The Balaban J connectivity index is 2.03. The molecule has 1 saturated heterocycles. The van der Waals surface area contributed by atoms with E-state index in [1.165, 1.54) is 12.8 Å². The first kappa shape index (κ1) is 15.8. The van der Waals surface area contributed by atoms with Crippen molar-refractivity contribution in [1.82, 2.24) is 10.2 Å². The van der Waals surface area contributed by atoms with E-state index in [4.69, 9.17) is 0 Å². The summed E-state index contributed by atoms with van der Waals surface area (Å²) < 4.78 is 1.02. The molecular formula is C16H25BrN2O. The number of phenols is 1. The summed E-state index contributed by atoms with van der Waals surface area (Å²) >= 11 is 3.48. The van der Waals surface area contributed by atoms with Gasteiger partial charge in [-0.3, -0.25) is 4.90 Å². The summed E-state index contributed by atoms with van der Waals surface area (Å²) in [5, 5.41) is 13.6. The van der Waals surface area contributed by atoms with Crippen LogP contribution in [0, 0.1) is 5.92 Å². The minimum Gasteiger partial charge on any atom is -0.508 e. The van der Waals surface area contributed by atoms with Gasteiger partial charge in [-0.1, -0.05) is 29.8 Å². The molecule has 0 spiro atoms. The Hall–Kier alpha value is -0.580. The highest BCUT2D eigenvalue weighted by Gasteiger charge is 2.19. The van der Waals surface area contributed by atoms with Gasteiger partial charge >= 0.3 is 0 Å². The molecular weight excluding hydrogens is 316 g/mol. The van der Waals surface area contributed by atoms with Crippen LogP contribution < -0.4 is 5.32 Å². The monoisotopic (exact) mass is 340 g/mol. The summed E-state index contributed by atoms with van der Waals surface area (Å²) in [5.41, 5.74) is 0.998. The Morgan fingerprint density at radius 1 is 1.45 bits per heavy atom. The molecule has 1 aliphatic heterocycles. The van der Waals surface area contributed by atoms with E-state index in [-0.39, 0.29) is 0 Å². The molecule has 1 aromatic rings. The van der Waals surface area contributed by atoms with Gasteiger partial charge in [-0.05, 0) is 43.5 Å². The molecule has 0 radical (unpaired) electrons. The third-order valence-corrected chi connectivity index (χ3v) is 4.19. The van der Waals surface area contributed by atoms with Crippen molar-refractivity contribution in [3.05, 3.63) is 28.2 Å². The largest absolute Gasteiger partial charge is 0.508 e. The highest BCUT2D eigenvalue weighted by molar-refractivity contribution is 9.10. The second kappa shape index (κ2) is 7.43. The number of benzene rings is 1. The number of rotatable bonds is 6. The minimum absolute atomic E-state index is 0.390. The molecule has 2 N–H and O–H groups in total. The Morgan fingerprint density at radius 3 is 2.90 bits per heavy atom. The molecule has 4 heteroatoms. The van der Waals surface area contributed by atoms with E-state index < -0.39 is 0 Å². The normalized spacial score (nSPS) is 19.1. The predicted molar refractivity (Wildman–Crippen MR) is 86.9 cm³/mol. The third kappa shape index (κ3) is 4.76. The number of nitrogens with one attached hydrogen (secondary N) is 1. The van der Waals surface area contributed by atoms with Crippen molar-refractivity contribution < 1.29 is 5.11 Å². The van der Waals surface area contributed by atoms with Gasteiger partial charge < -0.3 is 10.4 Å². The summed E-state index contributed by atoms with van der Waals surface area (Å²) in [6.07, 6.45) is 2.54. The lowest BCUT2D eigenvalue weighted by molar-refractivity contribution is 0.214. The predicted octanol–water partition coefficient (Wildman–Crippen LogP) is 3.36. The maximum Gasteiger partial charge on any atom is 0.120 e. The lowest BCUT2D eigenvalue weighted by Gasteiger charge is -2.27. The zero-order valence-corrected chi connectivity index (χ0v) is 14.0. The number of aromatic hydroxyl groups is 1. The van der Waals surface area contributed by atoms with Gasteiger partial charge in [0.1, 0.15) is 5.75 Å². The third-order valence-electron chi connectivity index (χ3n) is 3.70. The Labute approximate surface area is 130 Å². The van der Waals surface area contributed by atoms with Crippen molar-refractivity contribution in [3.8, 4) is 5.75 Å². The Morgan fingerprint density at radius 2 is 2.25 bits per heavy atom. The lowest BCUT2D eigenvalue weighted by Crippen LogP contribution is -2.39. The molecule has 3 nitrogen and oxygen atoms in total. The summed E-state index contributed by atoms with van der Waals surface area (Å²) in [7, 11) is 0. The molecule has 0 bridgehead atoms. The van der Waals surface area contributed by atoms with E-state index in [0.29, 0.717) is 17.7 Å². The fourth-order valence-corrected chi connectivity index (χ4v) is 3.27. The average Bonchev–Trinajstić information content (AvgIpc) is 2.86. The highest BCUT2D eigenvalue weighted by Crippen LogP contribution is 2.24. The van der Waals surface area contributed by atoms with Crippen LogP contribution in [0.25, 0.3) is 0 Å². The zero-order valence-electron chi connectivity index (χ0n) is 12.4. The van der Waals surface area contributed by atoms with Gasteiger partial charge in [0, 0.05) is 35.7 Å². The van der Waals surface area contributed by atoms with Crippen LogP contribution in [-0.4, -0.2) is 35.7 Å². The van der Waals surface area contributed by atoms with Crippen LogP contribution in [0.15, 0.2) is 22.7 Å². The van der Waals surface area contributed by atoms with Gasteiger partial charge in [-0.15, -0.1) is 0 Å². The van der Waals surface area contributed by atoms with E-state index in [0.717, 1.165) is 36.2 Å². The number of hydrogen-bond acceptors (Lipinski definition) is 3. The minimum atomic E-state index is 0.390. The van der Waals surface area contributed by atoms with E-state index in [1.54, 1.807) is 6.07 Å². The van der Waals surface area contributed by atoms with E-state index >= 15 is 0 Å². The van der Waals surface area contributed by atoms with Gasteiger partial charge in [-0.2, -0.15) is 0 Å². The number of nitrogens with zero attached hydrogens (tertiary/aromatic N) is 1. The lowest BCUT2D eigenvalue weighted by atomic mass is 10.1. The first-order chi connectivity index (χ1) is 9.54. The van der Waals surface area contributed by atoms with E-state index in [2.05, 4.69) is 40.0 Å². The summed E-state index contributed by atoms with van der Waals surface area (Å²) in [6.45, 7) is 8.56. The van der Waals surface area contributed by atoms with Gasteiger partial charge in [0.05, 0.1) is 0 Å². The summed E-state index contributed by atoms with van der Waals surface area (Å²) in [4.78, 5) is 2.45. The van der Waals surface area contributed by atoms with Crippen LogP contribution in [-0.2, 0) is 6.54 Å². The average molecular weight is 341 g/mol. The fourth-order valence-electron chi connectivity index (χ4n) is 2.87. The van der Waals surface area contributed by atoms with Gasteiger partial charge in [-0.25, -0.2) is 0 Å². The summed E-state index contributed by atoms with van der Waals surface area (Å²) in [5.74, 6) is 1.02. The number of phenolic OH excluding ortho intramolecular Hbond substituents is 1. The van der Waals surface area contributed by atoms with E-state index in [1.807, 2.05) is 12.1 Å². The molecule has 1 aliphatic rings. The smallest absolute Gasteiger partial charge is 0.120 e. The SMILES string of the molecule is CC(C)CN(Cc1cc(Br)ccc1O)CC1CCCN1. The molecule has 2 rings (SSSR count). The number of halogens is 1. The maximum absolute atomic E-state index is 10.0. The van der Waals surface area contributed by atoms with Crippen molar-refractivity contribution in [3.63, 3.8) is 0 Å². The van der Waals surface area contributed by atoms with Gasteiger partial charge in [0.25, 0.3) is 0 Å². The Bertz CT molecular complexity index is 430. The van der Waals surface area contributed by atoms with Crippen molar-refractivity contribution in [2.45, 2.75) is 39.3 Å². The molecule has 0 aromatic heterocycles. The second-order valence-electron chi connectivity index (χ2n) is 6.15. The summed E-state index contributed by atoms with van der Waals surface area (Å²) in [6, 6.07) is 6.26. The molecule has 0 saturated carbocycles.